The normalized spacial score (nSPS) is 11.1. The van der Waals surface area contributed by atoms with Gasteiger partial charge in [0, 0.05) is 10.7 Å². The van der Waals surface area contributed by atoms with Crippen LogP contribution in [-0.4, -0.2) is 14.5 Å². The van der Waals surface area contributed by atoms with Gasteiger partial charge < -0.3 is 4.74 Å². The smallest absolute Gasteiger partial charge is 0.409 e. The largest absolute Gasteiger partial charge is 0.427 e. The minimum atomic E-state index is -4.13. The molecule has 0 spiro atoms. The van der Waals surface area contributed by atoms with Gasteiger partial charge in [0.15, 0.2) is 0 Å². The summed E-state index contributed by atoms with van der Waals surface area (Å²) in [6.07, 6.45) is -1.13. The topological polar surface area (TPSA) is 72.5 Å². The van der Waals surface area contributed by atoms with Crippen LogP contribution in [-0.2, 0) is 9.24 Å². The number of aryl methyl sites for hydroxylation is 2. The molecule has 0 aliphatic carbocycles. The molecule has 0 atom stereocenters. The van der Waals surface area contributed by atoms with E-state index in [0.29, 0.717) is 5.75 Å². The Hall–Kier alpha value is -1.27. The van der Waals surface area contributed by atoms with Gasteiger partial charge in [-0.05, 0) is 43.5 Å². The predicted octanol–water partition coefficient (Wildman–Crippen LogP) is 2.18. The van der Waals surface area contributed by atoms with Crippen LogP contribution in [0.4, 0.5) is 4.79 Å². The van der Waals surface area contributed by atoms with E-state index in [1.165, 1.54) is 4.72 Å². The Morgan fingerprint density at radius 1 is 1.29 bits per heavy atom. The number of hydrogen-bond acceptors (Lipinski definition) is 4. The number of rotatable bonds is 2. The molecule has 0 aliphatic heterocycles. The van der Waals surface area contributed by atoms with Crippen LogP contribution in [0.25, 0.3) is 0 Å². The summed E-state index contributed by atoms with van der Waals surface area (Å²) < 4.78 is 27.6. The van der Waals surface area contributed by atoms with Gasteiger partial charge in [0.25, 0.3) is 0 Å². The second-order valence-corrected chi connectivity index (χ2v) is 5.93. The summed E-state index contributed by atoms with van der Waals surface area (Å²) >= 11 is 0. The fourth-order valence-corrected chi connectivity index (χ4v) is 1.76. The summed E-state index contributed by atoms with van der Waals surface area (Å²) in [4.78, 5) is 11.2. The second-order valence-electron chi connectivity index (χ2n) is 3.63. The van der Waals surface area contributed by atoms with Gasteiger partial charge in [0.2, 0.25) is 0 Å². The molecule has 0 saturated heterocycles. The molecule has 0 aromatic heterocycles. The van der Waals surface area contributed by atoms with Crippen LogP contribution in [0.2, 0.25) is 0 Å². The molecule has 7 heteroatoms. The Morgan fingerprint density at radius 2 is 1.88 bits per heavy atom. The maximum Gasteiger partial charge on any atom is 0.427 e. The number of carbonyl (C=O) groups excluding carboxylic acids is 1. The average molecular weight is 278 g/mol. The summed E-state index contributed by atoms with van der Waals surface area (Å²) in [7, 11) is 0.728. The molecule has 0 bridgehead atoms. The van der Waals surface area contributed by atoms with E-state index in [-0.39, 0.29) is 0 Å². The summed E-state index contributed by atoms with van der Waals surface area (Å²) in [6, 6.07) is 3.57. The van der Waals surface area contributed by atoms with Gasteiger partial charge in [0.05, 0.1) is 0 Å². The number of carbonyl (C=O) groups is 1. The Kier molecular flexibility index (Phi) is 4.00. The molecule has 1 amide bonds. The Balaban J connectivity index is 2.93. The number of ether oxygens (including phenoxy) is 1. The highest BCUT2D eigenvalue weighted by molar-refractivity contribution is 8.12. The summed E-state index contributed by atoms with van der Waals surface area (Å²) in [5.41, 5.74) is 2.61. The highest BCUT2D eigenvalue weighted by Crippen LogP contribution is 2.23. The average Bonchev–Trinajstić information content (AvgIpc) is 2.10. The van der Waals surface area contributed by atoms with Crippen LogP contribution in [0, 0.1) is 20.8 Å². The lowest BCUT2D eigenvalue weighted by molar-refractivity contribution is 0.206. The Bertz CT molecular complexity index is 554. The quantitative estimate of drug-likeness (QED) is 0.841. The van der Waals surface area contributed by atoms with Gasteiger partial charge in [-0.3, -0.25) is 0 Å². The molecule has 0 heterocycles. The zero-order chi connectivity index (χ0) is 13.2. The third-order valence-corrected chi connectivity index (χ3v) is 2.81. The maximum absolute atomic E-state index is 11.2. The minimum absolute atomic E-state index is 0.306. The lowest BCUT2D eigenvalue weighted by atomic mass is 10.1. The van der Waals surface area contributed by atoms with Gasteiger partial charge in [-0.25, -0.2) is 9.52 Å². The van der Waals surface area contributed by atoms with E-state index in [2.05, 4.69) is 0 Å². The highest BCUT2D eigenvalue weighted by atomic mass is 35.7. The van der Waals surface area contributed by atoms with E-state index >= 15 is 0 Å². The molecule has 17 heavy (non-hydrogen) atoms. The van der Waals surface area contributed by atoms with Crippen LogP contribution in [0.5, 0.6) is 5.75 Å². The fourth-order valence-electron chi connectivity index (χ4n) is 1.33. The van der Waals surface area contributed by atoms with Gasteiger partial charge in [-0.1, -0.05) is 6.07 Å². The molecule has 0 aliphatic rings. The first-order valence-corrected chi connectivity index (χ1v) is 7.02. The number of hydrogen-bond donors (Lipinski definition) is 1. The first-order valence-electron chi connectivity index (χ1n) is 4.71. The maximum atomic E-state index is 11.2. The van der Waals surface area contributed by atoms with Gasteiger partial charge in [-0.15, -0.1) is 0 Å². The highest BCUT2D eigenvalue weighted by Gasteiger charge is 2.14. The van der Waals surface area contributed by atoms with Crippen molar-refractivity contribution >= 4 is 26.0 Å². The number of halogens is 1. The van der Waals surface area contributed by atoms with E-state index < -0.39 is 15.3 Å². The van der Waals surface area contributed by atoms with Crippen LogP contribution < -0.4 is 9.46 Å². The SMILES string of the molecule is Cc1cc(C)c(C)c(OC(=O)NS(=O)(=O)Cl)c1. The van der Waals surface area contributed by atoms with Crippen molar-refractivity contribution in [2.45, 2.75) is 20.8 Å². The standard InChI is InChI=1S/C10H12ClNO4S/c1-6-4-7(2)8(3)9(5-6)16-10(13)12-17(11,14)15/h4-5H,1-3H3,(H,12,13). The molecule has 1 rings (SSSR count). The van der Waals surface area contributed by atoms with Crippen LogP contribution in [0.1, 0.15) is 16.7 Å². The number of nitrogens with one attached hydrogen (secondary N) is 1. The van der Waals surface area contributed by atoms with Crippen molar-refractivity contribution < 1.29 is 17.9 Å². The van der Waals surface area contributed by atoms with Crippen molar-refractivity contribution in [3.63, 3.8) is 0 Å². The minimum Gasteiger partial charge on any atom is -0.409 e. The molecule has 0 fully saturated rings. The third kappa shape index (κ3) is 4.24. The first kappa shape index (κ1) is 13.8. The first-order chi connectivity index (χ1) is 7.69. The monoisotopic (exact) mass is 277 g/mol. The van der Waals surface area contributed by atoms with Gasteiger partial charge in [0.1, 0.15) is 5.75 Å². The summed E-state index contributed by atoms with van der Waals surface area (Å²) in [5, 5.41) is 0. The Morgan fingerprint density at radius 3 is 2.41 bits per heavy atom. The van der Waals surface area contributed by atoms with Crippen molar-refractivity contribution in [2.24, 2.45) is 0 Å². The van der Waals surface area contributed by atoms with Crippen LogP contribution >= 0.6 is 10.7 Å². The lowest BCUT2D eigenvalue weighted by Gasteiger charge is -2.10. The van der Waals surface area contributed by atoms with E-state index in [4.69, 9.17) is 15.4 Å². The van der Waals surface area contributed by atoms with Gasteiger partial charge >= 0.3 is 15.3 Å². The van der Waals surface area contributed by atoms with Crippen LogP contribution in [0.3, 0.4) is 0 Å². The van der Waals surface area contributed by atoms with Crippen molar-refractivity contribution in [3.05, 3.63) is 28.8 Å². The van der Waals surface area contributed by atoms with Crippen molar-refractivity contribution in [1.82, 2.24) is 4.72 Å². The molecule has 1 aromatic rings. The van der Waals surface area contributed by atoms with Crippen molar-refractivity contribution in [2.75, 3.05) is 0 Å². The van der Waals surface area contributed by atoms with E-state index in [1.807, 2.05) is 19.9 Å². The number of amides is 1. The zero-order valence-corrected chi connectivity index (χ0v) is 11.1. The number of benzene rings is 1. The molecule has 1 N–H and O–H groups in total. The predicted molar refractivity (Wildman–Crippen MR) is 64.6 cm³/mol. The fraction of sp³-hybridized carbons (Fsp3) is 0.300. The van der Waals surface area contributed by atoms with Gasteiger partial charge in [-0.2, -0.15) is 8.42 Å². The van der Waals surface area contributed by atoms with E-state index in [0.717, 1.165) is 16.7 Å². The third-order valence-electron chi connectivity index (χ3n) is 2.17. The van der Waals surface area contributed by atoms with Crippen LogP contribution in [0.15, 0.2) is 12.1 Å². The van der Waals surface area contributed by atoms with Crippen molar-refractivity contribution in [1.29, 1.82) is 0 Å². The summed E-state index contributed by atoms with van der Waals surface area (Å²) in [5.74, 6) is 0.306. The molecule has 0 saturated carbocycles. The van der Waals surface area contributed by atoms with Crippen molar-refractivity contribution in [3.8, 4) is 5.75 Å². The second kappa shape index (κ2) is 4.93. The molecular formula is C10H12ClNO4S. The molecule has 5 nitrogen and oxygen atoms in total. The summed E-state index contributed by atoms with van der Waals surface area (Å²) in [6.45, 7) is 5.48. The lowest BCUT2D eigenvalue weighted by Crippen LogP contribution is -2.29. The molecular weight excluding hydrogens is 266 g/mol. The molecule has 1 aromatic carbocycles. The Labute approximate surface area is 104 Å². The zero-order valence-electron chi connectivity index (χ0n) is 9.57. The molecule has 0 radical (unpaired) electrons. The van der Waals surface area contributed by atoms with E-state index in [1.54, 1.807) is 13.0 Å². The molecule has 0 unspecified atom stereocenters. The van der Waals surface area contributed by atoms with E-state index in [9.17, 15) is 13.2 Å². The molecule has 94 valence electrons.